The van der Waals surface area contributed by atoms with Gasteiger partial charge in [0, 0.05) is 11.1 Å². The lowest BCUT2D eigenvalue weighted by Crippen LogP contribution is -2.38. The lowest BCUT2D eigenvalue weighted by Gasteiger charge is -2.31. The van der Waals surface area contributed by atoms with Crippen LogP contribution in [0.5, 0.6) is 0 Å². The Morgan fingerprint density at radius 1 is 1.20 bits per heavy atom. The maximum Gasteiger partial charge on any atom is 0.355 e. The summed E-state index contributed by atoms with van der Waals surface area (Å²) in [6, 6.07) is 6.36. The largest absolute Gasteiger partial charge is 0.466 e. The van der Waals surface area contributed by atoms with Crippen molar-refractivity contribution in [3.8, 4) is 0 Å². The fourth-order valence-corrected chi connectivity index (χ4v) is 2.61. The number of ether oxygens (including phenoxy) is 3. The topological polar surface area (TPSA) is 78.0 Å². The zero-order valence-corrected chi connectivity index (χ0v) is 13.6. The third-order valence-corrected chi connectivity index (χ3v) is 3.78. The number of esters is 2. The minimum atomic E-state index is -0.693. The van der Waals surface area contributed by atoms with Gasteiger partial charge in [-0.3, -0.25) is 4.98 Å². The summed E-state index contributed by atoms with van der Waals surface area (Å²) in [7, 11) is 2.44. The predicted octanol–water partition coefficient (Wildman–Crippen LogP) is 1.77. The van der Waals surface area contributed by atoms with Crippen LogP contribution in [0.25, 0.3) is 10.9 Å². The highest BCUT2D eigenvalue weighted by molar-refractivity contribution is 6.03. The van der Waals surface area contributed by atoms with Crippen LogP contribution in [0.15, 0.2) is 41.7 Å². The second kappa shape index (κ2) is 6.86. The molecule has 0 atom stereocenters. The van der Waals surface area contributed by atoms with E-state index in [1.165, 1.54) is 25.2 Å². The van der Waals surface area contributed by atoms with Gasteiger partial charge in [0.15, 0.2) is 0 Å². The Morgan fingerprint density at radius 2 is 1.96 bits per heavy atom. The van der Waals surface area contributed by atoms with Crippen LogP contribution in [0.4, 0.5) is 10.1 Å². The molecule has 1 aromatic heterocycles. The SMILES string of the molecule is COC(=O)C1=C(C(=O)OC)N(c2ccc3ncc(F)cc3c2)COC1. The highest BCUT2D eigenvalue weighted by atomic mass is 19.1. The first-order chi connectivity index (χ1) is 12.0. The van der Waals surface area contributed by atoms with E-state index < -0.39 is 17.8 Å². The molecule has 3 rings (SSSR count). The van der Waals surface area contributed by atoms with E-state index in [1.807, 2.05) is 0 Å². The van der Waals surface area contributed by atoms with Crippen LogP contribution in [0.2, 0.25) is 0 Å². The third-order valence-electron chi connectivity index (χ3n) is 3.78. The summed E-state index contributed by atoms with van der Waals surface area (Å²) in [5.74, 6) is -1.85. The molecular weight excluding hydrogens is 331 g/mol. The van der Waals surface area contributed by atoms with E-state index in [9.17, 15) is 14.0 Å². The van der Waals surface area contributed by atoms with E-state index in [0.29, 0.717) is 16.6 Å². The molecule has 25 heavy (non-hydrogen) atoms. The average Bonchev–Trinajstić information content (AvgIpc) is 2.65. The summed E-state index contributed by atoms with van der Waals surface area (Å²) >= 11 is 0. The Kier molecular flexibility index (Phi) is 4.62. The van der Waals surface area contributed by atoms with Gasteiger partial charge in [0.25, 0.3) is 0 Å². The Balaban J connectivity index is 2.13. The lowest BCUT2D eigenvalue weighted by molar-refractivity contribution is -0.140. The number of hydrogen-bond donors (Lipinski definition) is 0. The molecule has 2 aromatic rings. The number of nitrogens with zero attached hydrogens (tertiary/aromatic N) is 2. The standard InChI is InChI=1S/C17H15FN2O5/c1-23-16(21)13-8-25-9-20(15(13)17(22)24-2)12-3-4-14-10(6-12)5-11(18)7-19-14/h3-7H,8-9H2,1-2H3. The number of fused-ring (bicyclic) bond motifs is 1. The van der Waals surface area contributed by atoms with Crippen molar-refractivity contribution in [3.63, 3.8) is 0 Å². The van der Waals surface area contributed by atoms with Gasteiger partial charge in [-0.1, -0.05) is 0 Å². The van der Waals surface area contributed by atoms with E-state index in [2.05, 4.69) is 4.98 Å². The van der Waals surface area contributed by atoms with Gasteiger partial charge in [0.05, 0.1) is 38.1 Å². The van der Waals surface area contributed by atoms with Crippen LogP contribution in [-0.2, 0) is 23.8 Å². The summed E-state index contributed by atoms with van der Waals surface area (Å²) < 4.78 is 28.4. The maximum atomic E-state index is 13.4. The number of carbonyl (C=O) groups is 2. The highest BCUT2D eigenvalue weighted by Gasteiger charge is 2.32. The maximum absolute atomic E-state index is 13.4. The second-order valence-corrected chi connectivity index (χ2v) is 5.25. The van der Waals surface area contributed by atoms with Gasteiger partial charge in [-0.15, -0.1) is 0 Å². The molecule has 0 spiro atoms. The van der Waals surface area contributed by atoms with Gasteiger partial charge >= 0.3 is 11.9 Å². The fraction of sp³-hybridized carbons (Fsp3) is 0.235. The summed E-state index contributed by atoms with van der Waals surface area (Å²) in [6.07, 6.45) is 1.13. The van der Waals surface area contributed by atoms with Crippen molar-refractivity contribution in [1.29, 1.82) is 0 Å². The van der Waals surface area contributed by atoms with Crippen LogP contribution in [-0.4, -0.2) is 44.5 Å². The van der Waals surface area contributed by atoms with E-state index in [4.69, 9.17) is 14.2 Å². The first-order valence-corrected chi connectivity index (χ1v) is 7.35. The number of anilines is 1. The molecular formula is C17H15FN2O5. The molecule has 0 fully saturated rings. The Labute approximate surface area is 142 Å². The molecule has 0 unspecified atom stereocenters. The first kappa shape index (κ1) is 16.8. The number of benzene rings is 1. The monoisotopic (exact) mass is 346 g/mol. The minimum absolute atomic E-state index is 0.0270. The number of carbonyl (C=O) groups excluding carboxylic acids is 2. The van der Waals surface area contributed by atoms with Gasteiger partial charge in [-0.25, -0.2) is 14.0 Å². The van der Waals surface area contributed by atoms with E-state index in [1.54, 1.807) is 18.2 Å². The van der Waals surface area contributed by atoms with Crippen molar-refractivity contribution in [2.75, 3.05) is 32.5 Å². The molecule has 2 heterocycles. The van der Waals surface area contributed by atoms with E-state index in [0.717, 1.165) is 6.20 Å². The number of halogens is 1. The smallest absolute Gasteiger partial charge is 0.355 e. The van der Waals surface area contributed by atoms with Gasteiger partial charge in [-0.05, 0) is 24.3 Å². The highest BCUT2D eigenvalue weighted by Crippen LogP contribution is 2.29. The summed E-state index contributed by atoms with van der Waals surface area (Å²) in [6.45, 7) is -0.0451. The van der Waals surface area contributed by atoms with Crippen molar-refractivity contribution in [3.05, 3.63) is 47.5 Å². The zero-order valence-electron chi connectivity index (χ0n) is 13.6. The molecule has 0 bridgehead atoms. The molecule has 0 aliphatic carbocycles. The minimum Gasteiger partial charge on any atom is -0.466 e. The quantitative estimate of drug-likeness (QED) is 0.784. The second-order valence-electron chi connectivity index (χ2n) is 5.25. The molecule has 0 saturated heterocycles. The van der Waals surface area contributed by atoms with Crippen molar-refractivity contribution in [2.24, 2.45) is 0 Å². The molecule has 0 saturated carbocycles. The van der Waals surface area contributed by atoms with Crippen LogP contribution >= 0.6 is 0 Å². The molecule has 130 valence electrons. The van der Waals surface area contributed by atoms with Crippen molar-refractivity contribution in [1.82, 2.24) is 4.98 Å². The van der Waals surface area contributed by atoms with Gasteiger partial charge in [-0.2, -0.15) is 0 Å². The zero-order chi connectivity index (χ0) is 18.0. The lowest BCUT2D eigenvalue weighted by atomic mass is 10.1. The van der Waals surface area contributed by atoms with Gasteiger partial charge in [0.1, 0.15) is 18.2 Å². The Hall–Kier alpha value is -3.00. The Morgan fingerprint density at radius 3 is 2.68 bits per heavy atom. The molecule has 8 heteroatoms. The van der Waals surface area contributed by atoms with Crippen LogP contribution in [0.1, 0.15) is 0 Å². The normalized spacial score (nSPS) is 14.6. The van der Waals surface area contributed by atoms with Crippen molar-refractivity contribution in [2.45, 2.75) is 0 Å². The summed E-state index contributed by atoms with van der Waals surface area (Å²) in [5, 5.41) is 0.548. The predicted molar refractivity (Wildman–Crippen MR) is 86.1 cm³/mol. The number of pyridine rings is 1. The van der Waals surface area contributed by atoms with Crippen molar-refractivity contribution < 1.29 is 28.2 Å². The molecule has 7 nitrogen and oxygen atoms in total. The summed E-state index contributed by atoms with van der Waals surface area (Å²) in [5.41, 5.74) is 1.21. The fourth-order valence-electron chi connectivity index (χ4n) is 2.61. The molecule has 0 N–H and O–H groups in total. The van der Waals surface area contributed by atoms with Crippen LogP contribution in [0.3, 0.4) is 0 Å². The number of methoxy groups -OCH3 is 2. The number of hydrogen-bond acceptors (Lipinski definition) is 7. The number of rotatable bonds is 3. The van der Waals surface area contributed by atoms with Gasteiger partial charge < -0.3 is 19.1 Å². The van der Waals surface area contributed by atoms with Crippen LogP contribution < -0.4 is 4.90 Å². The molecule has 1 aliphatic rings. The Bertz CT molecular complexity index is 880. The first-order valence-electron chi connectivity index (χ1n) is 7.35. The van der Waals surface area contributed by atoms with Gasteiger partial charge in [0.2, 0.25) is 0 Å². The van der Waals surface area contributed by atoms with E-state index in [-0.39, 0.29) is 24.6 Å². The molecule has 0 amide bonds. The van der Waals surface area contributed by atoms with Crippen molar-refractivity contribution >= 4 is 28.5 Å². The average molecular weight is 346 g/mol. The number of aromatic nitrogens is 1. The summed E-state index contributed by atoms with van der Waals surface area (Å²) in [4.78, 5) is 29.7. The molecule has 0 radical (unpaired) electrons. The van der Waals surface area contributed by atoms with Crippen LogP contribution in [0, 0.1) is 5.82 Å². The molecule has 1 aliphatic heterocycles. The third kappa shape index (κ3) is 3.16. The molecule has 1 aromatic carbocycles. The van der Waals surface area contributed by atoms with E-state index >= 15 is 0 Å².